The highest BCUT2D eigenvalue weighted by Gasteiger charge is 2.24. The molecule has 0 amide bonds. The van der Waals surface area contributed by atoms with Gasteiger partial charge in [0.15, 0.2) is 5.78 Å². The number of phenols is 1. The smallest absolute Gasteiger partial charge is 0.173 e. The molecular formula is C21H19FN4O2. The monoisotopic (exact) mass is 378 g/mol. The summed E-state index contributed by atoms with van der Waals surface area (Å²) in [5.74, 6) is -0.310. The zero-order chi connectivity index (χ0) is 19.8. The van der Waals surface area contributed by atoms with Gasteiger partial charge in [0.1, 0.15) is 17.4 Å². The lowest BCUT2D eigenvalue weighted by Gasteiger charge is -2.14. The van der Waals surface area contributed by atoms with E-state index in [-0.39, 0.29) is 23.6 Å². The zero-order valence-electron chi connectivity index (χ0n) is 15.2. The fraction of sp³-hybridized carbons (Fsp3) is 0.143. The maximum Gasteiger partial charge on any atom is 0.173 e. The Morgan fingerprint density at radius 3 is 2.86 bits per heavy atom. The van der Waals surface area contributed by atoms with Crippen LogP contribution in [0.1, 0.15) is 27.0 Å². The number of Topliss-reactive ketones (excluding diaryl/α,β-unsaturated/α-hetero) is 1. The van der Waals surface area contributed by atoms with Gasteiger partial charge in [-0.2, -0.15) is 0 Å². The van der Waals surface area contributed by atoms with Gasteiger partial charge in [0.2, 0.25) is 0 Å². The highest BCUT2D eigenvalue weighted by molar-refractivity contribution is 6.09. The first kappa shape index (κ1) is 17.9. The normalized spacial score (nSPS) is 12.6. The van der Waals surface area contributed by atoms with Crippen molar-refractivity contribution in [1.29, 1.82) is 0 Å². The fourth-order valence-corrected chi connectivity index (χ4v) is 3.28. The molecule has 5 N–H and O–H groups in total. The van der Waals surface area contributed by atoms with Crippen LogP contribution in [0.4, 0.5) is 27.3 Å². The van der Waals surface area contributed by atoms with Gasteiger partial charge in [0, 0.05) is 30.9 Å². The van der Waals surface area contributed by atoms with Gasteiger partial charge in [-0.1, -0.05) is 12.1 Å². The van der Waals surface area contributed by atoms with E-state index >= 15 is 0 Å². The number of hydrogen-bond donors (Lipinski definition) is 4. The van der Waals surface area contributed by atoms with Gasteiger partial charge in [0.05, 0.1) is 16.9 Å². The highest BCUT2D eigenvalue weighted by atomic mass is 19.1. The zero-order valence-corrected chi connectivity index (χ0v) is 15.2. The standard InChI is InChI=1S/C21H19FN4O2/c1-11-6-14(22)17(9-18(11)27)25-16-4-5-24-21-20(16)19(28)8-13-7-12(10-23)2-3-15(13)26-21/h2-7,9,27H,8,10,23H2,1H3,(H2,24,25,26). The number of nitrogens with one attached hydrogen (secondary N) is 2. The summed E-state index contributed by atoms with van der Waals surface area (Å²) < 4.78 is 14.3. The number of benzene rings is 2. The van der Waals surface area contributed by atoms with Gasteiger partial charge in [0.25, 0.3) is 0 Å². The minimum Gasteiger partial charge on any atom is -0.508 e. The molecule has 7 heteroatoms. The van der Waals surface area contributed by atoms with Crippen molar-refractivity contribution in [3.05, 3.63) is 70.7 Å². The summed E-state index contributed by atoms with van der Waals surface area (Å²) >= 11 is 0. The number of ketones is 1. The second-order valence-corrected chi connectivity index (χ2v) is 6.75. The van der Waals surface area contributed by atoms with E-state index in [2.05, 4.69) is 15.6 Å². The number of carbonyl (C=O) groups is 1. The topological polar surface area (TPSA) is 100 Å². The number of hydrogen-bond acceptors (Lipinski definition) is 6. The molecule has 2 aromatic carbocycles. The van der Waals surface area contributed by atoms with Crippen molar-refractivity contribution in [2.75, 3.05) is 10.6 Å². The largest absolute Gasteiger partial charge is 0.508 e. The van der Waals surface area contributed by atoms with E-state index in [0.717, 1.165) is 16.8 Å². The lowest BCUT2D eigenvalue weighted by atomic mass is 10.0. The van der Waals surface area contributed by atoms with Gasteiger partial charge in [-0.25, -0.2) is 9.37 Å². The van der Waals surface area contributed by atoms with Crippen molar-refractivity contribution < 1.29 is 14.3 Å². The maximum absolute atomic E-state index is 14.3. The Labute approximate surface area is 161 Å². The van der Waals surface area contributed by atoms with Crippen LogP contribution in [0.5, 0.6) is 5.75 Å². The highest BCUT2D eigenvalue weighted by Crippen LogP contribution is 2.35. The third-order valence-corrected chi connectivity index (χ3v) is 4.79. The van der Waals surface area contributed by atoms with Crippen LogP contribution in [0.15, 0.2) is 42.6 Å². The van der Waals surface area contributed by atoms with Crippen LogP contribution < -0.4 is 16.4 Å². The minimum atomic E-state index is -0.522. The Morgan fingerprint density at radius 2 is 2.07 bits per heavy atom. The number of pyridine rings is 1. The second kappa shape index (κ2) is 6.94. The SMILES string of the molecule is Cc1cc(F)c(Nc2ccnc3c2C(=O)Cc2cc(CN)ccc2N3)cc1O. The Kier molecular flexibility index (Phi) is 4.44. The molecule has 142 valence electrons. The minimum absolute atomic E-state index is 0.0322. The van der Waals surface area contributed by atoms with E-state index < -0.39 is 5.82 Å². The van der Waals surface area contributed by atoms with E-state index in [1.54, 1.807) is 13.0 Å². The van der Waals surface area contributed by atoms with Gasteiger partial charge in [-0.3, -0.25) is 4.79 Å². The molecule has 3 aromatic rings. The number of halogens is 1. The molecular weight excluding hydrogens is 359 g/mol. The first-order valence-corrected chi connectivity index (χ1v) is 8.83. The third kappa shape index (κ3) is 3.16. The third-order valence-electron chi connectivity index (χ3n) is 4.79. The molecule has 0 radical (unpaired) electrons. The second-order valence-electron chi connectivity index (χ2n) is 6.75. The number of nitrogens with two attached hydrogens (primary N) is 1. The van der Waals surface area contributed by atoms with Gasteiger partial charge >= 0.3 is 0 Å². The van der Waals surface area contributed by atoms with Crippen LogP contribution in [0.3, 0.4) is 0 Å². The Morgan fingerprint density at radius 1 is 1.25 bits per heavy atom. The Balaban J connectivity index is 1.76. The molecule has 0 saturated carbocycles. The lowest BCUT2D eigenvalue weighted by Crippen LogP contribution is -2.08. The van der Waals surface area contributed by atoms with Gasteiger partial charge in [-0.15, -0.1) is 0 Å². The summed E-state index contributed by atoms with van der Waals surface area (Å²) in [5, 5.41) is 16.0. The molecule has 0 unspecified atom stereocenters. The van der Waals surface area contributed by atoms with Gasteiger partial charge < -0.3 is 21.5 Å². The Hall–Kier alpha value is -3.45. The molecule has 0 aliphatic carbocycles. The lowest BCUT2D eigenvalue weighted by molar-refractivity contribution is 0.0995. The molecule has 0 atom stereocenters. The van der Waals surface area contributed by atoms with Crippen molar-refractivity contribution in [2.45, 2.75) is 19.9 Å². The average Bonchev–Trinajstić information content (AvgIpc) is 2.81. The number of aromatic hydroxyl groups is 1. The van der Waals surface area contributed by atoms with Crippen LogP contribution in [0, 0.1) is 12.7 Å². The van der Waals surface area contributed by atoms with Crippen molar-refractivity contribution in [3.63, 3.8) is 0 Å². The molecule has 1 aromatic heterocycles. The Bertz CT molecular complexity index is 1100. The summed E-state index contributed by atoms with van der Waals surface area (Å²) in [4.78, 5) is 17.3. The molecule has 0 spiro atoms. The van der Waals surface area contributed by atoms with Gasteiger partial charge in [-0.05, 0) is 41.8 Å². The predicted molar refractivity (Wildman–Crippen MR) is 106 cm³/mol. The van der Waals surface area contributed by atoms with E-state index in [1.165, 1.54) is 18.3 Å². The van der Waals surface area contributed by atoms with E-state index in [0.29, 0.717) is 29.2 Å². The molecule has 2 heterocycles. The number of nitrogens with zero attached hydrogens (tertiary/aromatic N) is 1. The first-order valence-electron chi connectivity index (χ1n) is 8.83. The molecule has 28 heavy (non-hydrogen) atoms. The molecule has 1 aliphatic rings. The van der Waals surface area contributed by atoms with Crippen molar-refractivity contribution in [2.24, 2.45) is 5.73 Å². The summed E-state index contributed by atoms with van der Waals surface area (Å²) in [6.45, 7) is 2.00. The quantitative estimate of drug-likeness (QED) is 0.551. The maximum atomic E-state index is 14.3. The van der Waals surface area contributed by atoms with Crippen molar-refractivity contribution >= 4 is 28.7 Å². The van der Waals surface area contributed by atoms with Crippen molar-refractivity contribution in [3.8, 4) is 5.75 Å². The number of aromatic nitrogens is 1. The molecule has 1 aliphatic heterocycles. The van der Waals surface area contributed by atoms with Crippen LogP contribution in [-0.2, 0) is 13.0 Å². The number of phenolic OH excluding ortho intramolecular Hbond substituents is 1. The van der Waals surface area contributed by atoms with Crippen LogP contribution >= 0.6 is 0 Å². The summed E-state index contributed by atoms with van der Waals surface area (Å²) in [7, 11) is 0. The van der Waals surface area contributed by atoms with E-state index in [4.69, 9.17) is 5.73 Å². The average molecular weight is 378 g/mol. The predicted octanol–water partition coefficient (Wildman–Crippen LogP) is 3.92. The first-order chi connectivity index (χ1) is 13.5. The number of rotatable bonds is 3. The summed E-state index contributed by atoms with van der Waals surface area (Å²) in [5.41, 5.74) is 9.52. The van der Waals surface area contributed by atoms with Crippen LogP contribution in [0.25, 0.3) is 0 Å². The van der Waals surface area contributed by atoms with E-state index in [1.807, 2.05) is 18.2 Å². The van der Waals surface area contributed by atoms with E-state index in [9.17, 15) is 14.3 Å². The van der Waals surface area contributed by atoms with Crippen LogP contribution in [-0.4, -0.2) is 15.9 Å². The van der Waals surface area contributed by atoms with Crippen LogP contribution in [0.2, 0.25) is 0 Å². The number of aryl methyl sites for hydroxylation is 1. The molecule has 4 rings (SSSR count). The molecule has 0 saturated heterocycles. The molecule has 0 fully saturated rings. The summed E-state index contributed by atoms with van der Waals surface area (Å²) in [6, 6.07) is 9.82. The number of carbonyl (C=O) groups excluding carboxylic acids is 1. The van der Waals surface area contributed by atoms with Crippen molar-refractivity contribution in [1.82, 2.24) is 4.98 Å². The fourth-order valence-electron chi connectivity index (χ4n) is 3.28. The number of fused-ring (bicyclic) bond motifs is 2. The molecule has 0 bridgehead atoms. The molecule has 6 nitrogen and oxygen atoms in total. The summed E-state index contributed by atoms with van der Waals surface area (Å²) in [6.07, 6.45) is 1.71. The number of anilines is 4.